The predicted octanol–water partition coefficient (Wildman–Crippen LogP) is 3.93. The van der Waals surface area contributed by atoms with Crippen molar-refractivity contribution in [1.82, 2.24) is 5.32 Å². The van der Waals surface area contributed by atoms with Crippen LogP contribution in [0, 0.1) is 5.82 Å². The van der Waals surface area contributed by atoms with Gasteiger partial charge in [-0.15, -0.1) is 0 Å². The van der Waals surface area contributed by atoms with E-state index in [4.69, 9.17) is 16.3 Å². The minimum Gasteiger partial charge on any atom is -0.488 e. The number of nitrogens with one attached hydrogen (secondary N) is 1. The van der Waals surface area contributed by atoms with Crippen LogP contribution in [0.4, 0.5) is 4.39 Å². The summed E-state index contributed by atoms with van der Waals surface area (Å²) in [4.78, 5) is 0. The highest BCUT2D eigenvalue weighted by Gasteiger charge is 2.20. The molecule has 2 rings (SSSR count). The van der Waals surface area contributed by atoms with E-state index in [1.54, 1.807) is 0 Å². The maximum absolute atomic E-state index is 13.3. The van der Waals surface area contributed by atoms with Crippen LogP contribution in [0.5, 0.6) is 5.75 Å². The van der Waals surface area contributed by atoms with Gasteiger partial charge in [-0.25, -0.2) is 4.39 Å². The second-order valence-electron chi connectivity index (χ2n) is 4.39. The zero-order valence-electron chi connectivity index (χ0n) is 9.81. The smallest absolute Gasteiger partial charge is 0.145 e. The van der Waals surface area contributed by atoms with Crippen LogP contribution in [-0.2, 0) is 0 Å². The Kier molecular flexibility index (Phi) is 4.65. The van der Waals surface area contributed by atoms with Gasteiger partial charge in [-0.2, -0.15) is 0 Å². The van der Waals surface area contributed by atoms with Crippen molar-refractivity contribution in [2.24, 2.45) is 0 Å². The van der Waals surface area contributed by atoms with Crippen molar-refractivity contribution >= 4 is 27.5 Å². The van der Waals surface area contributed by atoms with E-state index >= 15 is 0 Å². The molecule has 1 aliphatic rings. The fraction of sp³-hybridized carbons (Fsp3) is 0.385. The first kappa shape index (κ1) is 13.8. The van der Waals surface area contributed by atoms with Gasteiger partial charge in [0.1, 0.15) is 18.2 Å². The molecule has 0 amide bonds. The van der Waals surface area contributed by atoms with Gasteiger partial charge >= 0.3 is 0 Å². The minimum atomic E-state index is -0.489. The zero-order valence-corrected chi connectivity index (χ0v) is 12.2. The van der Waals surface area contributed by atoms with E-state index in [1.165, 1.54) is 25.0 Å². The Bertz CT molecular complexity index is 463. The van der Waals surface area contributed by atoms with E-state index in [9.17, 15) is 4.39 Å². The molecular weight excluding hydrogens is 321 g/mol. The molecule has 18 heavy (non-hydrogen) atoms. The molecular formula is C13H14BrClFNO. The van der Waals surface area contributed by atoms with Crippen LogP contribution < -0.4 is 10.1 Å². The Morgan fingerprint density at radius 1 is 1.56 bits per heavy atom. The van der Waals surface area contributed by atoms with Crippen molar-refractivity contribution in [3.05, 3.63) is 39.6 Å². The standard InChI is InChI=1S/C13H14BrClFNO/c1-8(6-17-9-2-3-9)7-18-13-5-12(16)11(15)4-10(13)14/h4-5,9,17H,1-3,6-7H2. The molecule has 1 aromatic carbocycles. The second kappa shape index (κ2) is 6.04. The molecule has 0 aromatic heterocycles. The Balaban J connectivity index is 1.84. The molecule has 0 radical (unpaired) electrons. The first-order chi connectivity index (χ1) is 8.56. The van der Waals surface area contributed by atoms with E-state index in [-0.39, 0.29) is 5.02 Å². The van der Waals surface area contributed by atoms with E-state index in [0.29, 0.717) is 22.9 Å². The van der Waals surface area contributed by atoms with Crippen LogP contribution in [-0.4, -0.2) is 19.2 Å². The predicted molar refractivity (Wildman–Crippen MR) is 74.8 cm³/mol. The van der Waals surface area contributed by atoms with Crippen LogP contribution in [0.15, 0.2) is 28.8 Å². The highest BCUT2D eigenvalue weighted by Crippen LogP contribution is 2.30. The SMILES string of the molecule is C=C(CNC1CC1)COc1cc(F)c(Cl)cc1Br. The van der Waals surface area contributed by atoms with Gasteiger partial charge in [0.25, 0.3) is 0 Å². The van der Waals surface area contributed by atoms with E-state index < -0.39 is 5.82 Å². The largest absolute Gasteiger partial charge is 0.488 e. The van der Waals surface area contributed by atoms with E-state index in [0.717, 1.165) is 12.1 Å². The lowest BCUT2D eigenvalue weighted by Gasteiger charge is -2.11. The molecule has 0 unspecified atom stereocenters. The lowest BCUT2D eigenvalue weighted by molar-refractivity contribution is 0.344. The lowest BCUT2D eigenvalue weighted by Crippen LogP contribution is -2.21. The highest BCUT2D eigenvalue weighted by atomic mass is 79.9. The fourth-order valence-corrected chi connectivity index (χ4v) is 2.18. The van der Waals surface area contributed by atoms with Gasteiger partial charge in [0.05, 0.1) is 9.50 Å². The van der Waals surface area contributed by atoms with E-state index in [2.05, 4.69) is 27.8 Å². The summed E-state index contributed by atoms with van der Waals surface area (Å²) in [6, 6.07) is 3.40. The van der Waals surface area contributed by atoms with Crippen LogP contribution >= 0.6 is 27.5 Å². The first-order valence-electron chi connectivity index (χ1n) is 5.73. The number of halogens is 3. The van der Waals surface area contributed by atoms with Crippen molar-refractivity contribution in [2.75, 3.05) is 13.2 Å². The summed E-state index contributed by atoms with van der Waals surface area (Å²) in [5, 5.41) is 3.41. The van der Waals surface area contributed by atoms with Crippen LogP contribution in [0.1, 0.15) is 12.8 Å². The van der Waals surface area contributed by atoms with Crippen molar-refractivity contribution < 1.29 is 9.13 Å². The molecule has 1 aliphatic carbocycles. The molecule has 2 nitrogen and oxygen atoms in total. The van der Waals surface area contributed by atoms with Crippen LogP contribution in [0.3, 0.4) is 0 Å². The zero-order chi connectivity index (χ0) is 13.1. The van der Waals surface area contributed by atoms with Gasteiger partial charge in [-0.3, -0.25) is 0 Å². The fourth-order valence-electron chi connectivity index (χ4n) is 1.42. The molecule has 1 aromatic rings. The third-order valence-electron chi connectivity index (χ3n) is 2.62. The van der Waals surface area contributed by atoms with Crippen LogP contribution in [0.2, 0.25) is 5.02 Å². The van der Waals surface area contributed by atoms with Gasteiger partial charge in [0.2, 0.25) is 0 Å². The van der Waals surface area contributed by atoms with Crippen molar-refractivity contribution in [3.8, 4) is 5.75 Å². The molecule has 0 bridgehead atoms. The highest BCUT2D eigenvalue weighted by molar-refractivity contribution is 9.10. The topological polar surface area (TPSA) is 21.3 Å². The molecule has 0 aliphatic heterocycles. The third-order valence-corrected chi connectivity index (χ3v) is 3.53. The summed E-state index contributed by atoms with van der Waals surface area (Å²) in [6.45, 7) is 5.01. The second-order valence-corrected chi connectivity index (χ2v) is 5.65. The Hall–Kier alpha value is -0.580. The number of hydrogen-bond donors (Lipinski definition) is 1. The molecule has 0 atom stereocenters. The first-order valence-corrected chi connectivity index (χ1v) is 6.90. The van der Waals surface area contributed by atoms with Gasteiger partial charge in [0, 0.05) is 18.7 Å². The Labute approximate surface area is 119 Å². The van der Waals surface area contributed by atoms with Gasteiger partial charge in [0.15, 0.2) is 0 Å². The maximum Gasteiger partial charge on any atom is 0.145 e. The molecule has 0 spiro atoms. The molecule has 1 fully saturated rings. The summed E-state index contributed by atoms with van der Waals surface area (Å²) < 4.78 is 19.4. The summed E-state index contributed by atoms with van der Waals surface area (Å²) >= 11 is 8.93. The lowest BCUT2D eigenvalue weighted by atomic mass is 10.3. The van der Waals surface area contributed by atoms with Gasteiger partial charge in [-0.05, 0) is 40.4 Å². The van der Waals surface area contributed by atoms with Gasteiger partial charge < -0.3 is 10.1 Å². The van der Waals surface area contributed by atoms with Crippen molar-refractivity contribution in [3.63, 3.8) is 0 Å². The minimum absolute atomic E-state index is 0.0726. The van der Waals surface area contributed by atoms with Gasteiger partial charge in [-0.1, -0.05) is 18.2 Å². The number of hydrogen-bond acceptors (Lipinski definition) is 2. The number of ether oxygens (including phenoxy) is 1. The Morgan fingerprint density at radius 3 is 2.94 bits per heavy atom. The molecule has 0 saturated heterocycles. The maximum atomic E-state index is 13.3. The molecule has 5 heteroatoms. The molecule has 1 saturated carbocycles. The average Bonchev–Trinajstić information content (AvgIpc) is 3.13. The van der Waals surface area contributed by atoms with Crippen molar-refractivity contribution in [2.45, 2.75) is 18.9 Å². The quantitative estimate of drug-likeness (QED) is 0.629. The normalized spacial score (nSPS) is 14.6. The summed E-state index contributed by atoms with van der Waals surface area (Å²) in [5.41, 5.74) is 0.934. The van der Waals surface area contributed by atoms with Crippen LogP contribution in [0.25, 0.3) is 0 Å². The summed E-state index contributed by atoms with van der Waals surface area (Å²) in [7, 11) is 0. The number of rotatable bonds is 6. The molecule has 0 heterocycles. The average molecular weight is 335 g/mol. The summed E-state index contributed by atoms with van der Waals surface area (Å²) in [5.74, 6) is -0.0546. The van der Waals surface area contributed by atoms with E-state index in [1.807, 2.05) is 0 Å². The molecule has 98 valence electrons. The summed E-state index contributed by atoms with van der Waals surface area (Å²) in [6.07, 6.45) is 2.48. The van der Waals surface area contributed by atoms with Crippen molar-refractivity contribution in [1.29, 1.82) is 0 Å². The third kappa shape index (κ3) is 3.97. The number of benzene rings is 1. The molecule has 1 N–H and O–H groups in total. The monoisotopic (exact) mass is 333 g/mol. The Morgan fingerprint density at radius 2 is 2.28 bits per heavy atom.